The van der Waals surface area contributed by atoms with Crippen molar-refractivity contribution in [2.45, 2.75) is 6.92 Å². The molecule has 0 heterocycles. The second-order valence-corrected chi connectivity index (χ2v) is 3.54. The molecule has 16 heavy (non-hydrogen) atoms. The van der Waals surface area contributed by atoms with Crippen LogP contribution in [0.3, 0.4) is 0 Å². The second kappa shape index (κ2) is 5.32. The van der Waals surface area contributed by atoms with Gasteiger partial charge in [-0.3, -0.25) is 4.79 Å². The summed E-state index contributed by atoms with van der Waals surface area (Å²) in [4.78, 5) is 21.6. The molecule has 0 aliphatic rings. The van der Waals surface area contributed by atoms with Crippen molar-refractivity contribution in [2.75, 3.05) is 0 Å². The highest BCUT2D eigenvalue weighted by molar-refractivity contribution is 6.30. The van der Waals surface area contributed by atoms with E-state index in [0.29, 0.717) is 10.6 Å². The fourth-order valence-electron chi connectivity index (χ4n) is 1.10. The van der Waals surface area contributed by atoms with E-state index in [2.05, 4.69) is 5.32 Å². The van der Waals surface area contributed by atoms with Crippen LogP contribution in [0.4, 0.5) is 0 Å². The maximum absolute atomic E-state index is 10.8. The molecule has 1 rings (SSSR count). The Labute approximate surface area is 97.5 Å². The predicted molar refractivity (Wildman–Crippen MR) is 60.9 cm³/mol. The molecule has 0 saturated heterocycles. The number of nitrogens with one attached hydrogen (secondary N) is 1. The van der Waals surface area contributed by atoms with Crippen LogP contribution in [0, 0.1) is 0 Å². The zero-order chi connectivity index (χ0) is 12.1. The molecule has 0 fully saturated rings. The maximum Gasteiger partial charge on any atom is 0.352 e. The Morgan fingerprint density at radius 1 is 1.44 bits per heavy atom. The van der Waals surface area contributed by atoms with Crippen molar-refractivity contribution in [3.05, 3.63) is 40.5 Å². The number of carboxylic acid groups (broad SMARTS) is 1. The molecule has 0 aliphatic carbocycles. The standard InChI is InChI=1S/C11H10ClNO3/c1-7(14)13-10(11(15)16)6-8-3-2-4-9(12)5-8/h2-6H,1H3,(H,13,14)(H,15,16)/b10-6-. The fraction of sp³-hybridized carbons (Fsp3) is 0.0909. The van der Waals surface area contributed by atoms with Crippen LogP contribution in [0.25, 0.3) is 6.08 Å². The Morgan fingerprint density at radius 2 is 2.12 bits per heavy atom. The molecular weight excluding hydrogens is 230 g/mol. The minimum absolute atomic E-state index is 0.185. The van der Waals surface area contributed by atoms with Gasteiger partial charge >= 0.3 is 5.97 Å². The molecule has 0 aromatic heterocycles. The smallest absolute Gasteiger partial charge is 0.352 e. The number of halogens is 1. The highest BCUT2D eigenvalue weighted by Gasteiger charge is 2.08. The molecule has 5 heteroatoms. The summed E-state index contributed by atoms with van der Waals surface area (Å²) in [6.07, 6.45) is 1.34. The first-order chi connectivity index (χ1) is 7.49. The molecule has 1 aromatic carbocycles. The Kier molecular flexibility index (Phi) is 4.08. The summed E-state index contributed by atoms with van der Waals surface area (Å²) in [7, 11) is 0. The number of carboxylic acids is 1. The normalized spacial score (nSPS) is 11.0. The summed E-state index contributed by atoms with van der Waals surface area (Å²) in [5, 5.41) is 11.6. The highest BCUT2D eigenvalue weighted by Crippen LogP contribution is 2.13. The van der Waals surface area contributed by atoms with E-state index in [9.17, 15) is 9.59 Å². The van der Waals surface area contributed by atoms with Crippen molar-refractivity contribution >= 4 is 29.6 Å². The van der Waals surface area contributed by atoms with Gasteiger partial charge < -0.3 is 10.4 Å². The number of aliphatic carboxylic acids is 1. The van der Waals surface area contributed by atoms with Gasteiger partial charge in [0.05, 0.1) is 0 Å². The van der Waals surface area contributed by atoms with Gasteiger partial charge in [0.1, 0.15) is 5.70 Å². The van der Waals surface area contributed by atoms with Crippen LogP contribution in [0.15, 0.2) is 30.0 Å². The average molecular weight is 240 g/mol. The van der Waals surface area contributed by atoms with E-state index in [0.717, 1.165) is 0 Å². The van der Waals surface area contributed by atoms with Crippen LogP contribution < -0.4 is 5.32 Å². The number of carbonyl (C=O) groups excluding carboxylic acids is 1. The van der Waals surface area contributed by atoms with E-state index in [1.807, 2.05) is 0 Å². The molecular formula is C11H10ClNO3. The number of hydrogen-bond acceptors (Lipinski definition) is 2. The van der Waals surface area contributed by atoms with Crippen molar-refractivity contribution in [1.82, 2.24) is 5.32 Å². The van der Waals surface area contributed by atoms with E-state index in [1.54, 1.807) is 24.3 Å². The third kappa shape index (κ3) is 3.74. The largest absolute Gasteiger partial charge is 0.477 e. The molecule has 2 N–H and O–H groups in total. The van der Waals surface area contributed by atoms with E-state index in [4.69, 9.17) is 16.7 Å². The second-order valence-electron chi connectivity index (χ2n) is 3.10. The Hall–Kier alpha value is -1.81. The lowest BCUT2D eigenvalue weighted by Crippen LogP contribution is -2.24. The number of rotatable bonds is 3. The van der Waals surface area contributed by atoms with Gasteiger partial charge in [-0.05, 0) is 23.8 Å². The summed E-state index contributed by atoms with van der Waals surface area (Å²) in [5.41, 5.74) is 0.424. The molecule has 4 nitrogen and oxygen atoms in total. The zero-order valence-electron chi connectivity index (χ0n) is 8.53. The fourth-order valence-corrected chi connectivity index (χ4v) is 1.30. The SMILES string of the molecule is CC(=O)N/C(=C\c1cccc(Cl)c1)C(=O)O. The van der Waals surface area contributed by atoms with Gasteiger partial charge in [-0.2, -0.15) is 0 Å². The highest BCUT2D eigenvalue weighted by atomic mass is 35.5. The summed E-state index contributed by atoms with van der Waals surface area (Å²) < 4.78 is 0. The summed E-state index contributed by atoms with van der Waals surface area (Å²) in [6, 6.07) is 6.67. The Balaban J connectivity index is 3.02. The molecule has 0 saturated carbocycles. The first kappa shape index (κ1) is 12.3. The number of amides is 1. The predicted octanol–water partition coefficient (Wildman–Crippen LogP) is 1.90. The molecule has 0 bridgehead atoms. The number of benzene rings is 1. The summed E-state index contributed by atoms with van der Waals surface area (Å²) in [5.74, 6) is -1.63. The van der Waals surface area contributed by atoms with Crippen LogP contribution in [-0.4, -0.2) is 17.0 Å². The minimum atomic E-state index is -1.20. The third-order valence-corrected chi connectivity index (χ3v) is 1.94. The van der Waals surface area contributed by atoms with Gasteiger partial charge in [-0.1, -0.05) is 23.7 Å². The first-order valence-electron chi connectivity index (χ1n) is 4.47. The lowest BCUT2D eigenvalue weighted by molar-refractivity contribution is -0.134. The Morgan fingerprint density at radius 3 is 2.62 bits per heavy atom. The van der Waals surface area contributed by atoms with Crippen molar-refractivity contribution < 1.29 is 14.7 Å². The van der Waals surface area contributed by atoms with Crippen LogP contribution in [0.1, 0.15) is 12.5 Å². The topological polar surface area (TPSA) is 66.4 Å². The van der Waals surface area contributed by atoms with Gasteiger partial charge in [-0.25, -0.2) is 4.79 Å². The molecule has 1 amide bonds. The molecule has 1 aromatic rings. The van der Waals surface area contributed by atoms with Gasteiger partial charge in [0.25, 0.3) is 0 Å². The molecule has 0 atom stereocenters. The average Bonchev–Trinajstić information content (AvgIpc) is 2.15. The van der Waals surface area contributed by atoms with Gasteiger partial charge in [0, 0.05) is 11.9 Å². The van der Waals surface area contributed by atoms with Crippen LogP contribution in [0.2, 0.25) is 5.02 Å². The van der Waals surface area contributed by atoms with Gasteiger partial charge in [0.15, 0.2) is 0 Å². The van der Waals surface area contributed by atoms with Gasteiger partial charge in [-0.15, -0.1) is 0 Å². The Bertz CT molecular complexity index is 454. The molecule has 0 spiro atoms. The van der Waals surface area contributed by atoms with Crippen LogP contribution in [0.5, 0.6) is 0 Å². The van der Waals surface area contributed by atoms with E-state index in [-0.39, 0.29) is 5.70 Å². The third-order valence-electron chi connectivity index (χ3n) is 1.70. The van der Waals surface area contributed by atoms with Gasteiger partial charge in [0.2, 0.25) is 5.91 Å². The van der Waals surface area contributed by atoms with Crippen molar-refractivity contribution in [1.29, 1.82) is 0 Å². The van der Waals surface area contributed by atoms with Crippen LogP contribution in [-0.2, 0) is 9.59 Å². The van der Waals surface area contributed by atoms with E-state index >= 15 is 0 Å². The van der Waals surface area contributed by atoms with E-state index in [1.165, 1.54) is 13.0 Å². The quantitative estimate of drug-likeness (QED) is 0.792. The van der Waals surface area contributed by atoms with Crippen LogP contribution >= 0.6 is 11.6 Å². The zero-order valence-corrected chi connectivity index (χ0v) is 9.28. The molecule has 0 aliphatic heterocycles. The molecule has 84 valence electrons. The minimum Gasteiger partial charge on any atom is -0.477 e. The monoisotopic (exact) mass is 239 g/mol. The molecule has 0 unspecified atom stereocenters. The van der Waals surface area contributed by atoms with E-state index < -0.39 is 11.9 Å². The number of carbonyl (C=O) groups is 2. The first-order valence-corrected chi connectivity index (χ1v) is 4.85. The lowest BCUT2D eigenvalue weighted by Gasteiger charge is -2.02. The summed E-state index contributed by atoms with van der Waals surface area (Å²) in [6.45, 7) is 1.24. The van der Waals surface area contributed by atoms with Crippen molar-refractivity contribution in [2.24, 2.45) is 0 Å². The van der Waals surface area contributed by atoms with Crippen molar-refractivity contribution in [3.63, 3.8) is 0 Å². The molecule has 0 radical (unpaired) electrons. The maximum atomic E-state index is 10.8. The number of hydrogen-bond donors (Lipinski definition) is 2. The van der Waals surface area contributed by atoms with Crippen molar-refractivity contribution in [3.8, 4) is 0 Å². The lowest BCUT2D eigenvalue weighted by atomic mass is 10.2. The summed E-state index contributed by atoms with van der Waals surface area (Å²) >= 11 is 5.75.